The number of methoxy groups -OCH3 is 2. The van der Waals surface area contributed by atoms with Crippen LogP contribution in [0.25, 0.3) is 0 Å². The summed E-state index contributed by atoms with van der Waals surface area (Å²) in [6, 6.07) is 5.78. The number of benzene rings is 1. The Hall–Kier alpha value is -1.79. The van der Waals surface area contributed by atoms with E-state index in [1.165, 1.54) is 0 Å². The number of ether oxygens (including phenoxy) is 2. The van der Waals surface area contributed by atoms with Gasteiger partial charge in [-0.25, -0.2) is 10.8 Å². The van der Waals surface area contributed by atoms with Crippen LogP contribution in [0.15, 0.2) is 23.2 Å². The Bertz CT molecular complexity index is 435. The number of nitrogens with one attached hydrogen (secondary N) is 2. The van der Waals surface area contributed by atoms with Crippen molar-refractivity contribution >= 4 is 11.6 Å². The molecule has 19 heavy (non-hydrogen) atoms. The van der Waals surface area contributed by atoms with Gasteiger partial charge in [0.2, 0.25) is 5.96 Å². The van der Waals surface area contributed by atoms with Crippen molar-refractivity contribution in [3.8, 4) is 5.75 Å². The Labute approximate surface area is 114 Å². The summed E-state index contributed by atoms with van der Waals surface area (Å²) in [6.45, 7) is 4.46. The number of nitrogens with zero attached hydrogens (tertiary/aromatic N) is 1. The van der Waals surface area contributed by atoms with E-state index in [1.807, 2.05) is 32.0 Å². The lowest BCUT2D eigenvalue weighted by Crippen LogP contribution is -2.37. The Morgan fingerprint density at radius 3 is 2.68 bits per heavy atom. The average molecular weight is 266 g/mol. The number of anilines is 1. The second kappa shape index (κ2) is 7.60. The van der Waals surface area contributed by atoms with Gasteiger partial charge in [-0.1, -0.05) is 0 Å². The van der Waals surface area contributed by atoms with Crippen molar-refractivity contribution in [1.29, 1.82) is 0 Å². The standard InChI is InChI=1S/C13H22N4O2/c1-9-7-11(5-6-12(9)19-4)16-13(17-14)15-10(2)8-18-3/h5-7,10H,8,14H2,1-4H3,(H2,15,16,17). The highest BCUT2D eigenvalue weighted by Gasteiger charge is 2.04. The van der Waals surface area contributed by atoms with Gasteiger partial charge in [0, 0.05) is 12.8 Å². The first-order chi connectivity index (χ1) is 9.10. The molecule has 1 aromatic carbocycles. The van der Waals surface area contributed by atoms with Gasteiger partial charge in [0.15, 0.2) is 0 Å². The maximum atomic E-state index is 5.45. The summed E-state index contributed by atoms with van der Waals surface area (Å²) in [5.74, 6) is 6.79. The highest BCUT2D eigenvalue weighted by Crippen LogP contribution is 2.21. The fourth-order valence-electron chi connectivity index (χ4n) is 1.70. The first kappa shape index (κ1) is 15.3. The van der Waals surface area contributed by atoms with E-state index in [-0.39, 0.29) is 6.04 Å². The molecule has 1 atom stereocenters. The average Bonchev–Trinajstić information content (AvgIpc) is 2.38. The Morgan fingerprint density at radius 2 is 2.16 bits per heavy atom. The van der Waals surface area contributed by atoms with Gasteiger partial charge in [0.1, 0.15) is 5.75 Å². The van der Waals surface area contributed by atoms with E-state index in [0.29, 0.717) is 12.6 Å². The van der Waals surface area contributed by atoms with Gasteiger partial charge in [-0.2, -0.15) is 0 Å². The molecule has 0 heterocycles. The molecule has 1 rings (SSSR count). The van der Waals surface area contributed by atoms with E-state index in [4.69, 9.17) is 15.3 Å². The van der Waals surface area contributed by atoms with E-state index >= 15 is 0 Å². The van der Waals surface area contributed by atoms with Crippen LogP contribution in [0.3, 0.4) is 0 Å². The van der Waals surface area contributed by atoms with Crippen molar-refractivity contribution in [2.75, 3.05) is 26.1 Å². The fourth-order valence-corrected chi connectivity index (χ4v) is 1.70. The minimum absolute atomic E-state index is 0.0166. The molecular formula is C13H22N4O2. The largest absolute Gasteiger partial charge is 0.496 e. The molecule has 1 aromatic rings. The quantitative estimate of drug-likeness (QED) is 0.324. The number of hydrogen-bond donors (Lipinski definition) is 3. The molecular weight excluding hydrogens is 244 g/mol. The van der Waals surface area contributed by atoms with Gasteiger partial charge in [0.05, 0.1) is 19.8 Å². The van der Waals surface area contributed by atoms with Crippen LogP contribution in [0.2, 0.25) is 0 Å². The van der Waals surface area contributed by atoms with Crippen LogP contribution >= 0.6 is 0 Å². The normalized spacial score (nSPS) is 13.0. The molecule has 6 heteroatoms. The Morgan fingerprint density at radius 1 is 1.42 bits per heavy atom. The second-order valence-corrected chi connectivity index (χ2v) is 4.24. The van der Waals surface area contributed by atoms with Crippen molar-refractivity contribution in [3.05, 3.63) is 23.8 Å². The maximum absolute atomic E-state index is 5.45. The molecule has 0 aliphatic rings. The van der Waals surface area contributed by atoms with Gasteiger partial charge in [-0.05, 0) is 37.6 Å². The predicted molar refractivity (Wildman–Crippen MR) is 77.4 cm³/mol. The molecule has 0 radical (unpaired) electrons. The number of hydrazine groups is 1. The number of hydrogen-bond acceptors (Lipinski definition) is 4. The summed E-state index contributed by atoms with van der Waals surface area (Å²) in [4.78, 5) is 4.37. The van der Waals surface area contributed by atoms with Gasteiger partial charge in [-0.15, -0.1) is 0 Å². The van der Waals surface area contributed by atoms with Crippen molar-refractivity contribution in [3.63, 3.8) is 0 Å². The molecule has 0 saturated carbocycles. The Kier molecular flexibility index (Phi) is 6.11. The first-order valence-corrected chi connectivity index (χ1v) is 6.05. The maximum Gasteiger partial charge on any atom is 0.210 e. The van der Waals surface area contributed by atoms with Crippen LogP contribution in [0.4, 0.5) is 5.69 Å². The van der Waals surface area contributed by atoms with E-state index < -0.39 is 0 Å². The van der Waals surface area contributed by atoms with Gasteiger partial charge < -0.3 is 14.8 Å². The smallest absolute Gasteiger partial charge is 0.210 e. The first-order valence-electron chi connectivity index (χ1n) is 6.05. The van der Waals surface area contributed by atoms with E-state index in [2.05, 4.69) is 15.7 Å². The zero-order chi connectivity index (χ0) is 14.3. The summed E-state index contributed by atoms with van der Waals surface area (Å²) >= 11 is 0. The molecule has 0 bridgehead atoms. The Balaban J connectivity index is 2.78. The SMILES string of the molecule is COCC(C)N=C(NN)Nc1ccc(OC)c(C)c1. The lowest BCUT2D eigenvalue weighted by Gasteiger charge is -2.13. The van der Waals surface area contributed by atoms with Crippen LogP contribution < -0.4 is 21.3 Å². The lowest BCUT2D eigenvalue weighted by molar-refractivity contribution is 0.185. The lowest BCUT2D eigenvalue weighted by atomic mass is 10.2. The molecule has 0 saturated heterocycles. The van der Waals surface area contributed by atoms with Crippen molar-refractivity contribution < 1.29 is 9.47 Å². The topological polar surface area (TPSA) is 80.9 Å². The molecule has 0 fully saturated rings. The van der Waals surface area contributed by atoms with E-state index in [9.17, 15) is 0 Å². The number of aliphatic imine (C=N–C) groups is 1. The summed E-state index contributed by atoms with van der Waals surface area (Å²) in [6.07, 6.45) is 0. The van der Waals surface area contributed by atoms with Gasteiger partial charge in [0.25, 0.3) is 0 Å². The molecule has 0 aromatic heterocycles. The minimum Gasteiger partial charge on any atom is -0.496 e. The van der Waals surface area contributed by atoms with Crippen molar-refractivity contribution in [1.82, 2.24) is 5.43 Å². The fraction of sp³-hybridized carbons (Fsp3) is 0.462. The molecule has 106 valence electrons. The van der Waals surface area contributed by atoms with Crippen LogP contribution in [0.1, 0.15) is 12.5 Å². The monoisotopic (exact) mass is 266 g/mol. The van der Waals surface area contributed by atoms with Gasteiger partial charge in [-0.3, -0.25) is 5.43 Å². The van der Waals surface area contributed by atoms with Crippen LogP contribution in [-0.4, -0.2) is 32.8 Å². The molecule has 6 nitrogen and oxygen atoms in total. The van der Waals surface area contributed by atoms with Crippen LogP contribution in [-0.2, 0) is 4.74 Å². The van der Waals surface area contributed by atoms with E-state index in [1.54, 1.807) is 14.2 Å². The van der Waals surface area contributed by atoms with Crippen LogP contribution in [0, 0.1) is 6.92 Å². The summed E-state index contributed by atoms with van der Waals surface area (Å²) in [5, 5.41) is 3.11. The zero-order valence-electron chi connectivity index (χ0n) is 11.9. The molecule has 1 unspecified atom stereocenters. The molecule has 0 aliphatic heterocycles. The number of aryl methyl sites for hydroxylation is 1. The number of nitrogens with two attached hydrogens (primary N) is 1. The van der Waals surface area contributed by atoms with E-state index in [0.717, 1.165) is 17.0 Å². The molecule has 0 spiro atoms. The van der Waals surface area contributed by atoms with Gasteiger partial charge >= 0.3 is 0 Å². The second-order valence-electron chi connectivity index (χ2n) is 4.24. The molecule has 0 aliphatic carbocycles. The number of rotatable bonds is 5. The zero-order valence-corrected chi connectivity index (χ0v) is 11.9. The van der Waals surface area contributed by atoms with Crippen LogP contribution in [0.5, 0.6) is 5.75 Å². The highest BCUT2D eigenvalue weighted by atomic mass is 16.5. The molecule has 0 amide bonds. The summed E-state index contributed by atoms with van der Waals surface area (Å²) in [7, 11) is 3.29. The number of guanidine groups is 1. The molecule has 4 N–H and O–H groups in total. The van der Waals surface area contributed by atoms with Crippen molar-refractivity contribution in [2.24, 2.45) is 10.8 Å². The summed E-state index contributed by atoms with van der Waals surface area (Å²) < 4.78 is 10.2. The predicted octanol–water partition coefficient (Wildman–Crippen LogP) is 1.27. The third-order valence-corrected chi connectivity index (χ3v) is 2.55. The minimum atomic E-state index is 0.0166. The third-order valence-electron chi connectivity index (χ3n) is 2.55. The summed E-state index contributed by atoms with van der Waals surface area (Å²) in [5.41, 5.74) is 4.46. The van der Waals surface area contributed by atoms with Crippen molar-refractivity contribution in [2.45, 2.75) is 19.9 Å². The highest BCUT2D eigenvalue weighted by molar-refractivity contribution is 5.93. The third kappa shape index (κ3) is 4.76.